The van der Waals surface area contributed by atoms with Crippen LogP contribution in [0, 0.1) is 11.3 Å². The zero-order chi connectivity index (χ0) is 22.4. The molecule has 7 nitrogen and oxygen atoms in total. The molecule has 3 rings (SSSR count). The number of ether oxygens (including phenoxy) is 1. The summed E-state index contributed by atoms with van der Waals surface area (Å²) in [4.78, 5) is 30.6. The third-order valence-electron chi connectivity index (χ3n) is 5.39. The van der Waals surface area contributed by atoms with Crippen LogP contribution >= 0.6 is 23.1 Å². The molecule has 9 heteroatoms. The number of thioether (sulfide) groups is 1. The number of carboxylic acid groups (broad SMARTS) is 1. The van der Waals surface area contributed by atoms with E-state index < -0.39 is 11.4 Å². The van der Waals surface area contributed by atoms with E-state index in [9.17, 15) is 14.7 Å². The number of benzene rings is 1. The van der Waals surface area contributed by atoms with Crippen LogP contribution < -0.4 is 15.0 Å². The molecule has 0 atom stereocenters. The van der Waals surface area contributed by atoms with Gasteiger partial charge in [-0.3, -0.25) is 15.0 Å². The van der Waals surface area contributed by atoms with Crippen LogP contribution in [-0.4, -0.2) is 41.5 Å². The fourth-order valence-electron chi connectivity index (χ4n) is 3.45. The number of nitrogens with one attached hydrogen (secondary N) is 1. The molecule has 1 aromatic carbocycles. The van der Waals surface area contributed by atoms with Crippen molar-refractivity contribution >= 4 is 45.9 Å². The standard InChI is InChI=1S/C22H29N3O4S2/c1-22(2,19(26)27)14-30-18-12-23-20(31-18)24-21(28)25(13-15-8-4-5-9-15)16-10-6-7-11-17(16)29-3/h6-7,10-12,15H,4-5,8-9,13-14H2,1-3H3,(H,26,27)(H,23,24,28). The molecule has 1 aliphatic rings. The lowest BCUT2D eigenvalue weighted by atomic mass is 9.97. The summed E-state index contributed by atoms with van der Waals surface area (Å²) in [6.07, 6.45) is 6.32. The Hall–Kier alpha value is -2.26. The van der Waals surface area contributed by atoms with Gasteiger partial charge in [0.2, 0.25) is 0 Å². The van der Waals surface area contributed by atoms with Gasteiger partial charge in [0.15, 0.2) is 5.13 Å². The monoisotopic (exact) mass is 463 g/mol. The molecule has 168 valence electrons. The lowest BCUT2D eigenvalue weighted by Crippen LogP contribution is -2.38. The quantitative estimate of drug-likeness (QED) is 0.472. The summed E-state index contributed by atoms with van der Waals surface area (Å²) in [5.41, 5.74) is -0.0937. The van der Waals surface area contributed by atoms with Crippen LogP contribution in [-0.2, 0) is 4.79 Å². The van der Waals surface area contributed by atoms with Gasteiger partial charge in [-0.2, -0.15) is 0 Å². The molecule has 1 aliphatic carbocycles. The number of nitrogens with zero attached hydrogens (tertiary/aromatic N) is 2. The average molecular weight is 464 g/mol. The largest absolute Gasteiger partial charge is 0.495 e. The summed E-state index contributed by atoms with van der Waals surface area (Å²) in [7, 11) is 1.60. The first-order valence-electron chi connectivity index (χ1n) is 10.3. The van der Waals surface area contributed by atoms with Crippen LogP contribution in [0.5, 0.6) is 5.75 Å². The van der Waals surface area contributed by atoms with Gasteiger partial charge in [0, 0.05) is 12.3 Å². The first kappa shape index (κ1) is 23.4. The molecule has 0 bridgehead atoms. The van der Waals surface area contributed by atoms with E-state index in [-0.39, 0.29) is 6.03 Å². The molecule has 0 saturated heterocycles. The zero-order valence-corrected chi connectivity index (χ0v) is 19.7. The van der Waals surface area contributed by atoms with E-state index in [1.807, 2.05) is 24.3 Å². The molecule has 0 radical (unpaired) electrons. The Morgan fingerprint density at radius 1 is 1.32 bits per heavy atom. The van der Waals surface area contributed by atoms with Gasteiger partial charge in [-0.05, 0) is 44.7 Å². The molecule has 1 aromatic heterocycles. The van der Waals surface area contributed by atoms with Crippen molar-refractivity contribution in [2.45, 2.75) is 43.7 Å². The minimum Gasteiger partial charge on any atom is -0.495 e. The van der Waals surface area contributed by atoms with Gasteiger partial charge in [0.25, 0.3) is 0 Å². The van der Waals surface area contributed by atoms with E-state index in [1.165, 1.54) is 35.9 Å². The number of urea groups is 1. The Morgan fingerprint density at radius 2 is 2.03 bits per heavy atom. The second-order valence-electron chi connectivity index (χ2n) is 8.33. The number of aliphatic carboxylic acids is 1. The van der Waals surface area contributed by atoms with Crippen LogP contribution in [0.3, 0.4) is 0 Å². The average Bonchev–Trinajstić information content (AvgIpc) is 3.42. The number of carbonyl (C=O) groups excluding carboxylic acids is 1. The third kappa shape index (κ3) is 6.13. The van der Waals surface area contributed by atoms with Crippen molar-refractivity contribution in [3.63, 3.8) is 0 Å². The van der Waals surface area contributed by atoms with Gasteiger partial charge in [-0.25, -0.2) is 9.78 Å². The number of carboxylic acids is 1. The number of rotatable bonds is 9. The summed E-state index contributed by atoms with van der Waals surface area (Å²) >= 11 is 2.78. The van der Waals surface area contributed by atoms with Crippen molar-refractivity contribution in [3.8, 4) is 5.75 Å². The molecule has 31 heavy (non-hydrogen) atoms. The number of anilines is 2. The Bertz CT molecular complexity index is 910. The van der Waals surface area contributed by atoms with Crippen LogP contribution in [0.4, 0.5) is 15.6 Å². The Morgan fingerprint density at radius 3 is 2.71 bits per heavy atom. The molecule has 1 fully saturated rings. The minimum absolute atomic E-state index is 0.242. The molecule has 1 heterocycles. The van der Waals surface area contributed by atoms with Crippen molar-refractivity contribution in [2.75, 3.05) is 29.6 Å². The number of amides is 2. The lowest BCUT2D eigenvalue weighted by Gasteiger charge is -2.27. The molecular formula is C22H29N3O4S2. The van der Waals surface area contributed by atoms with Crippen LogP contribution in [0.15, 0.2) is 34.7 Å². The van der Waals surface area contributed by atoms with Crippen molar-refractivity contribution < 1.29 is 19.4 Å². The van der Waals surface area contributed by atoms with Crippen molar-refractivity contribution in [3.05, 3.63) is 30.5 Å². The lowest BCUT2D eigenvalue weighted by molar-refractivity contribution is -0.145. The first-order valence-corrected chi connectivity index (χ1v) is 12.1. The highest BCUT2D eigenvalue weighted by Crippen LogP contribution is 2.35. The highest BCUT2D eigenvalue weighted by molar-refractivity contribution is 8.01. The topological polar surface area (TPSA) is 91.8 Å². The van der Waals surface area contributed by atoms with Gasteiger partial charge >= 0.3 is 12.0 Å². The van der Waals surface area contributed by atoms with Gasteiger partial charge in [-0.1, -0.05) is 36.3 Å². The first-order chi connectivity index (χ1) is 14.8. The number of methoxy groups -OCH3 is 1. The molecule has 2 N–H and O–H groups in total. The number of hydrogen-bond acceptors (Lipinski definition) is 6. The fourth-order valence-corrected chi connectivity index (χ4v) is 5.39. The van der Waals surface area contributed by atoms with Crippen molar-refractivity contribution in [1.82, 2.24) is 4.98 Å². The summed E-state index contributed by atoms with van der Waals surface area (Å²) < 4.78 is 6.36. The fraction of sp³-hybridized carbons (Fsp3) is 0.500. The highest BCUT2D eigenvalue weighted by atomic mass is 32.2. The van der Waals surface area contributed by atoms with Gasteiger partial charge in [0.05, 0.1) is 28.6 Å². The Balaban J connectivity index is 1.72. The summed E-state index contributed by atoms with van der Waals surface area (Å²) in [6, 6.07) is 7.29. The minimum atomic E-state index is -0.836. The molecule has 2 amide bonds. The van der Waals surface area contributed by atoms with Crippen LogP contribution in [0.1, 0.15) is 39.5 Å². The van der Waals surface area contributed by atoms with Gasteiger partial charge in [0.1, 0.15) is 5.75 Å². The second-order valence-corrected chi connectivity index (χ2v) is 10.6. The Kier molecular flexibility index (Phi) is 7.83. The number of aromatic nitrogens is 1. The number of hydrogen-bond donors (Lipinski definition) is 2. The molecule has 0 spiro atoms. The number of para-hydroxylation sites is 2. The maximum atomic E-state index is 13.2. The van der Waals surface area contributed by atoms with E-state index in [4.69, 9.17) is 4.74 Å². The van der Waals surface area contributed by atoms with Gasteiger partial charge in [-0.15, -0.1) is 11.8 Å². The van der Waals surface area contributed by atoms with Crippen LogP contribution in [0.25, 0.3) is 0 Å². The molecular weight excluding hydrogens is 434 g/mol. The summed E-state index contributed by atoms with van der Waals surface area (Å²) in [5, 5.41) is 12.7. The number of carbonyl (C=O) groups is 2. The molecule has 1 saturated carbocycles. The zero-order valence-electron chi connectivity index (χ0n) is 18.1. The van der Waals surface area contributed by atoms with E-state index in [2.05, 4.69) is 10.3 Å². The van der Waals surface area contributed by atoms with Crippen molar-refractivity contribution in [2.24, 2.45) is 11.3 Å². The summed E-state index contributed by atoms with van der Waals surface area (Å²) in [5.74, 6) is 0.711. The maximum absolute atomic E-state index is 13.2. The van der Waals surface area contributed by atoms with E-state index in [0.717, 1.165) is 22.7 Å². The summed E-state index contributed by atoms with van der Waals surface area (Å²) in [6.45, 7) is 4.02. The third-order valence-corrected chi connectivity index (χ3v) is 7.96. The van der Waals surface area contributed by atoms with Crippen LogP contribution in [0.2, 0.25) is 0 Å². The normalized spacial score (nSPS) is 14.4. The smallest absolute Gasteiger partial charge is 0.328 e. The van der Waals surface area contributed by atoms with Crippen molar-refractivity contribution in [1.29, 1.82) is 0 Å². The SMILES string of the molecule is COc1ccccc1N(CC1CCCC1)C(=O)Nc1ncc(SCC(C)(C)C(=O)O)s1. The van der Waals surface area contributed by atoms with Gasteiger partial charge < -0.3 is 9.84 Å². The van der Waals surface area contributed by atoms with E-state index in [0.29, 0.717) is 29.1 Å². The second kappa shape index (κ2) is 10.4. The molecule has 0 aliphatic heterocycles. The molecule has 2 aromatic rings. The van der Waals surface area contributed by atoms with E-state index >= 15 is 0 Å². The predicted octanol–water partition coefficient (Wildman–Crippen LogP) is 5.58. The van der Waals surface area contributed by atoms with E-state index in [1.54, 1.807) is 32.1 Å². The maximum Gasteiger partial charge on any atom is 0.328 e. The number of thiazole rings is 1. The highest BCUT2D eigenvalue weighted by Gasteiger charge is 2.28. The molecule has 0 unspecified atom stereocenters. The predicted molar refractivity (Wildman–Crippen MR) is 126 cm³/mol. The Labute approximate surface area is 191 Å².